The van der Waals surface area contributed by atoms with E-state index in [1.807, 2.05) is 4.90 Å². The lowest BCUT2D eigenvalue weighted by molar-refractivity contribution is -0.155. The van der Waals surface area contributed by atoms with Gasteiger partial charge < -0.3 is 20.5 Å². The van der Waals surface area contributed by atoms with Crippen molar-refractivity contribution in [1.29, 1.82) is 0 Å². The third kappa shape index (κ3) is 9.03. The number of aromatic nitrogens is 1. The normalized spacial score (nSPS) is 15.5. The van der Waals surface area contributed by atoms with E-state index >= 15 is 0 Å². The Labute approximate surface area is 296 Å². The molecule has 4 aromatic rings. The number of amides is 1. The van der Waals surface area contributed by atoms with E-state index < -0.39 is 39.7 Å². The molecule has 1 amide bonds. The van der Waals surface area contributed by atoms with Crippen molar-refractivity contribution in [2.75, 3.05) is 39.1 Å². The molecule has 0 radical (unpaired) electrons. The lowest BCUT2D eigenvalue weighted by atomic mass is 9.93. The van der Waals surface area contributed by atoms with Crippen LogP contribution in [0.1, 0.15) is 52.9 Å². The number of sulfone groups is 1. The first kappa shape index (κ1) is 39.0. The van der Waals surface area contributed by atoms with E-state index in [2.05, 4.69) is 15.6 Å². The Morgan fingerprint density at radius 1 is 1.02 bits per heavy atom. The van der Waals surface area contributed by atoms with Crippen molar-refractivity contribution in [1.82, 2.24) is 20.5 Å². The molecule has 0 saturated carbocycles. The predicted molar refractivity (Wildman–Crippen MR) is 183 cm³/mol. The molecular formula is C36H38F6N4O5S. The molecule has 2 heterocycles. The number of likely N-dealkylation sites (tertiary alicyclic amines) is 1. The molecule has 3 N–H and O–H groups in total. The molecule has 1 fully saturated rings. The van der Waals surface area contributed by atoms with Gasteiger partial charge in [-0.05, 0) is 56.6 Å². The van der Waals surface area contributed by atoms with Crippen LogP contribution < -0.4 is 15.4 Å². The lowest BCUT2D eigenvalue weighted by Crippen LogP contribution is -2.43. The van der Waals surface area contributed by atoms with Gasteiger partial charge in [-0.1, -0.05) is 42.5 Å². The number of nitrogens with zero attached hydrogens (tertiary/aromatic N) is 2. The van der Waals surface area contributed by atoms with Crippen LogP contribution in [0.4, 0.5) is 26.3 Å². The molecule has 16 heteroatoms. The maximum Gasteiger partial charge on any atom is 0.416 e. The molecule has 280 valence electrons. The number of alkyl halides is 6. The highest BCUT2D eigenvalue weighted by Gasteiger charge is 2.43. The zero-order chi connectivity index (χ0) is 37.8. The second-order valence-electron chi connectivity index (χ2n) is 12.5. The van der Waals surface area contributed by atoms with Gasteiger partial charge in [0.25, 0.3) is 5.91 Å². The van der Waals surface area contributed by atoms with Crippen molar-refractivity contribution in [3.8, 4) is 17.0 Å². The molecule has 1 aromatic heterocycles. The number of nitrogens with one attached hydrogen (secondary N) is 2. The number of hydrogen-bond donors (Lipinski definition) is 3. The Bertz CT molecular complexity index is 2000. The van der Waals surface area contributed by atoms with Crippen LogP contribution in [-0.2, 0) is 22.6 Å². The molecule has 1 atom stereocenters. The molecule has 9 nitrogen and oxygen atoms in total. The predicted octanol–water partition coefficient (Wildman–Crippen LogP) is 6.30. The summed E-state index contributed by atoms with van der Waals surface area (Å²) in [5.74, 6) is -1.38. The monoisotopic (exact) mass is 752 g/mol. The summed E-state index contributed by atoms with van der Waals surface area (Å²) in [7, 11) is -4.04. The highest BCUT2D eigenvalue weighted by molar-refractivity contribution is 7.90. The van der Waals surface area contributed by atoms with Crippen LogP contribution >= 0.6 is 0 Å². The number of carbonyl (C=O) groups excluding carboxylic acids is 1. The van der Waals surface area contributed by atoms with Crippen molar-refractivity contribution in [3.05, 3.63) is 89.0 Å². The third-order valence-corrected chi connectivity index (χ3v) is 9.91. The number of pyridine rings is 1. The second-order valence-corrected chi connectivity index (χ2v) is 14.5. The van der Waals surface area contributed by atoms with Crippen LogP contribution in [0, 0.1) is 0 Å². The number of fused-ring (bicyclic) bond motifs is 1. The van der Waals surface area contributed by atoms with E-state index in [9.17, 15) is 44.7 Å². The largest absolute Gasteiger partial charge is 0.492 e. The van der Waals surface area contributed by atoms with Gasteiger partial charge in [-0.15, -0.1) is 0 Å². The van der Waals surface area contributed by atoms with Gasteiger partial charge in [-0.25, -0.2) is 13.4 Å². The maximum absolute atomic E-state index is 14.6. The number of hydrogen-bond acceptors (Lipinski definition) is 8. The molecule has 52 heavy (non-hydrogen) atoms. The Hall–Kier alpha value is -4.25. The Kier molecular flexibility index (Phi) is 11.8. The van der Waals surface area contributed by atoms with Crippen LogP contribution in [0.25, 0.3) is 22.2 Å². The average Bonchev–Trinajstić information content (AvgIpc) is 3.09. The summed E-state index contributed by atoms with van der Waals surface area (Å²) in [5.41, 5.74) is -1.85. The fourth-order valence-corrected chi connectivity index (χ4v) is 7.17. The Morgan fingerprint density at radius 3 is 2.31 bits per heavy atom. The number of ether oxygens (including phenoxy) is 1. The summed E-state index contributed by atoms with van der Waals surface area (Å²) in [6, 6.07) is 10.8. The zero-order valence-corrected chi connectivity index (χ0v) is 29.1. The number of halogens is 6. The summed E-state index contributed by atoms with van der Waals surface area (Å²) in [4.78, 5) is 20.7. The summed E-state index contributed by atoms with van der Waals surface area (Å²) in [6.07, 6.45) is -7.61. The fraction of sp³-hybridized carbons (Fsp3) is 0.389. The highest BCUT2D eigenvalue weighted by atomic mass is 32.2. The molecule has 5 rings (SSSR count). The molecule has 1 aliphatic heterocycles. The Balaban J connectivity index is 1.79. The minimum atomic E-state index is -4.96. The van der Waals surface area contributed by atoms with Crippen LogP contribution in [0.15, 0.2) is 71.6 Å². The van der Waals surface area contributed by atoms with Crippen molar-refractivity contribution in [3.63, 3.8) is 0 Å². The van der Waals surface area contributed by atoms with E-state index in [4.69, 9.17) is 4.74 Å². The quantitative estimate of drug-likeness (QED) is 0.144. The van der Waals surface area contributed by atoms with E-state index in [-0.39, 0.29) is 75.3 Å². The third-order valence-electron chi connectivity index (χ3n) is 8.79. The summed E-state index contributed by atoms with van der Waals surface area (Å²) < 4.78 is 117. The first-order valence-electron chi connectivity index (χ1n) is 16.5. The number of carbonyl (C=O) groups is 1. The van der Waals surface area contributed by atoms with Gasteiger partial charge in [0, 0.05) is 48.0 Å². The van der Waals surface area contributed by atoms with Gasteiger partial charge >= 0.3 is 12.4 Å². The number of aliphatic hydroxyl groups excluding tert-OH is 1. The number of rotatable bonds is 12. The molecule has 0 bridgehead atoms. The second kappa shape index (κ2) is 15.8. The molecule has 3 aromatic carbocycles. The van der Waals surface area contributed by atoms with Gasteiger partial charge in [0.05, 0.1) is 35.6 Å². The van der Waals surface area contributed by atoms with Crippen molar-refractivity contribution in [2.24, 2.45) is 0 Å². The average molecular weight is 753 g/mol. The van der Waals surface area contributed by atoms with Crippen molar-refractivity contribution in [2.45, 2.75) is 55.6 Å². The molecule has 1 unspecified atom stereocenters. The first-order chi connectivity index (χ1) is 24.5. The van der Waals surface area contributed by atoms with Crippen LogP contribution in [0.3, 0.4) is 0 Å². The molecular weight excluding hydrogens is 714 g/mol. The van der Waals surface area contributed by atoms with Crippen molar-refractivity contribution < 1.29 is 49.4 Å². The fourth-order valence-electron chi connectivity index (χ4n) is 6.35. The summed E-state index contributed by atoms with van der Waals surface area (Å²) >= 11 is 0. The number of aliphatic hydroxyl groups is 1. The zero-order valence-electron chi connectivity index (χ0n) is 28.3. The van der Waals surface area contributed by atoms with Crippen LogP contribution in [0.2, 0.25) is 0 Å². The Morgan fingerprint density at radius 2 is 1.71 bits per heavy atom. The molecule has 0 aliphatic carbocycles. The highest BCUT2D eigenvalue weighted by Crippen LogP contribution is 2.40. The number of piperidine rings is 1. The number of benzene rings is 3. The minimum Gasteiger partial charge on any atom is -0.492 e. The first-order valence-corrected chi connectivity index (χ1v) is 18.4. The van der Waals surface area contributed by atoms with E-state index in [0.717, 1.165) is 24.5 Å². The van der Waals surface area contributed by atoms with Gasteiger partial charge in [0.2, 0.25) is 0 Å². The van der Waals surface area contributed by atoms with E-state index in [1.54, 1.807) is 6.92 Å². The smallest absolute Gasteiger partial charge is 0.416 e. The van der Waals surface area contributed by atoms with Crippen LogP contribution in [-0.4, -0.2) is 80.6 Å². The van der Waals surface area contributed by atoms with Gasteiger partial charge in [0.1, 0.15) is 10.6 Å². The minimum absolute atomic E-state index is 0.0173. The summed E-state index contributed by atoms with van der Waals surface area (Å²) in [5, 5.41) is 14.4. The molecule has 1 aliphatic rings. The van der Waals surface area contributed by atoms with E-state index in [1.165, 1.54) is 48.5 Å². The van der Waals surface area contributed by atoms with E-state index in [0.29, 0.717) is 32.5 Å². The maximum atomic E-state index is 14.6. The standard InChI is InChI=1S/C36H38F6N4O5S/c1-3-51-29-20-28-26(19-30(29)52(2,49)50)31(34(48)45-33(36(40,41)42)22-8-5-4-6-9-22)27(21-46-15-12-25(13-16-46)43-14-17-47)32(44-28)23-10-7-11-24(18-23)35(37,38)39/h4-11,18-20,25,33,43,47H,3,12-17,21H2,1-2H3,(H,45,48). The topological polar surface area (TPSA) is 121 Å². The van der Waals surface area contributed by atoms with Gasteiger partial charge in [0.15, 0.2) is 15.9 Å². The summed E-state index contributed by atoms with van der Waals surface area (Å²) in [6.45, 7) is 2.67. The van der Waals surface area contributed by atoms with Crippen LogP contribution in [0.5, 0.6) is 5.75 Å². The van der Waals surface area contributed by atoms with Gasteiger partial charge in [-0.2, -0.15) is 26.3 Å². The molecule has 1 saturated heterocycles. The molecule has 0 spiro atoms. The van der Waals surface area contributed by atoms with Gasteiger partial charge in [-0.3, -0.25) is 9.69 Å². The lowest BCUT2D eigenvalue weighted by Gasteiger charge is -2.33. The SMILES string of the molecule is CCOc1cc2nc(-c3cccc(C(F)(F)F)c3)c(CN3CCC(NCCO)CC3)c(C(=O)NC(c3ccccc3)C(F)(F)F)c2cc1S(C)(=O)=O. The van der Waals surface area contributed by atoms with Crippen molar-refractivity contribution >= 4 is 26.6 Å².